The van der Waals surface area contributed by atoms with E-state index in [4.69, 9.17) is 22.1 Å². The summed E-state index contributed by atoms with van der Waals surface area (Å²) in [5, 5.41) is 19.1. The van der Waals surface area contributed by atoms with Gasteiger partial charge in [0.1, 0.15) is 17.7 Å². The molecule has 1 heterocycles. The summed E-state index contributed by atoms with van der Waals surface area (Å²) in [6.45, 7) is 0. The van der Waals surface area contributed by atoms with Crippen LogP contribution < -0.4 is 0 Å². The average Bonchev–Trinajstić information content (AvgIpc) is 2.93. The van der Waals surface area contributed by atoms with E-state index in [1.54, 1.807) is 24.4 Å². The summed E-state index contributed by atoms with van der Waals surface area (Å²) in [5.74, 6) is 0. The van der Waals surface area contributed by atoms with Crippen LogP contribution in [-0.2, 0) is 7.05 Å². The molecule has 0 saturated carbocycles. The van der Waals surface area contributed by atoms with Crippen LogP contribution in [0.2, 0.25) is 5.02 Å². The Kier molecular flexibility index (Phi) is 5.43. The number of thioether (sulfide) groups is 1. The van der Waals surface area contributed by atoms with Gasteiger partial charge in [-0.15, -0.1) is 0 Å². The molecule has 0 saturated heterocycles. The van der Waals surface area contributed by atoms with Gasteiger partial charge >= 0.3 is 0 Å². The highest BCUT2D eigenvalue weighted by molar-refractivity contribution is 8.08. The lowest BCUT2D eigenvalue weighted by atomic mass is 10.2. The molecule has 0 fully saturated rings. The third-order valence-corrected chi connectivity index (χ3v) is 4.17. The van der Waals surface area contributed by atoms with Crippen molar-refractivity contribution in [1.29, 1.82) is 10.5 Å². The van der Waals surface area contributed by atoms with Crippen molar-refractivity contribution >= 4 is 28.3 Å². The lowest BCUT2D eigenvalue weighted by Crippen LogP contribution is -1.89. The van der Waals surface area contributed by atoms with Crippen LogP contribution in [0, 0.1) is 22.7 Å². The quantitative estimate of drug-likeness (QED) is 0.480. The summed E-state index contributed by atoms with van der Waals surface area (Å²) in [5.41, 5.74) is 0.982. The Morgan fingerprint density at radius 1 is 1.23 bits per heavy atom. The molecule has 22 heavy (non-hydrogen) atoms. The van der Waals surface area contributed by atoms with Gasteiger partial charge in [-0.1, -0.05) is 35.5 Å². The third-order valence-electron chi connectivity index (χ3n) is 2.75. The second kappa shape index (κ2) is 7.51. The fourth-order valence-electron chi connectivity index (χ4n) is 1.61. The van der Waals surface area contributed by atoms with Gasteiger partial charge in [-0.05, 0) is 29.8 Å². The maximum absolute atomic E-state index is 8.84. The van der Waals surface area contributed by atoms with Crippen LogP contribution in [-0.4, -0.2) is 9.55 Å². The van der Waals surface area contributed by atoms with E-state index in [1.807, 2.05) is 42.1 Å². The molecule has 0 spiro atoms. The number of nitriles is 2. The van der Waals surface area contributed by atoms with Gasteiger partial charge in [-0.25, -0.2) is 4.98 Å². The van der Waals surface area contributed by atoms with E-state index >= 15 is 0 Å². The minimum atomic E-state index is 0.0481. The van der Waals surface area contributed by atoms with Crippen LogP contribution in [0.4, 0.5) is 0 Å². The summed E-state index contributed by atoms with van der Waals surface area (Å²) >= 11 is 7.37. The first-order valence-corrected chi connectivity index (χ1v) is 7.47. The number of aryl methyl sites for hydroxylation is 1. The molecule has 2 rings (SSSR count). The number of benzene rings is 1. The summed E-state index contributed by atoms with van der Waals surface area (Å²) in [6.07, 6.45) is 6.81. The molecule has 0 unspecified atom stereocenters. The molecule has 0 bridgehead atoms. The lowest BCUT2D eigenvalue weighted by molar-refractivity contribution is 0.792. The number of imidazole rings is 1. The number of halogens is 1. The van der Waals surface area contributed by atoms with Crippen LogP contribution >= 0.6 is 23.4 Å². The largest absolute Gasteiger partial charge is 0.329 e. The van der Waals surface area contributed by atoms with Crippen molar-refractivity contribution in [3.05, 3.63) is 65.0 Å². The molecule has 108 valence electrons. The molecular weight excluding hydrogens is 316 g/mol. The highest BCUT2D eigenvalue weighted by Crippen LogP contribution is 2.33. The Morgan fingerprint density at radius 2 is 1.91 bits per heavy atom. The minimum Gasteiger partial charge on any atom is -0.329 e. The predicted octanol–water partition coefficient (Wildman–Crippen LogP) is 4.18. The third kappa shape index (κ3) is 4.02. The first-order chi connectivity index (χ1) is 10.6. The summed E-state index contributed by atoms with van der Waals surface area (Å²) < 4.78 is 1.90. The van der Waals surface area contributed by atoms with Crippen LogP contribution in [0.1, 0.15) is 5.56 Å². The van der Waals surface area contributed by atoms with Crippen LogP contribution in [0.25, 0.3) is 4.91 Å². The number of allylic oxidation sites excluding steroid dienone is 3. The molecule has 0 aliphatic rings. The summed E-state index contributed by atoms with van der Waals surface area (Å²) in [6, 6.07) is 11.0. The van der Waals surface area contributed by atoms with E-state index in [2.05, 4.69) is 4.98 Å². The molecule has 0 amide bonds. The van der Waals surface area contributed by atoms with Gasteiger partial charge < -0.3 is 4.57 Å². The smallest absolute Gasteiger partial charge is 0.172 e. The first kappa shape index (κ1) is 15.9. The Hall–Kier alpha value is -2.47. The Bertz CT molecular complexity index is 788. The van der Waals surface area contributed by atoms with Gasteiger partial charge in [0.05, 0.1) is 0 Å². The van der Waals surface area contributed by atoms with Gasteiger partial charge in [0.2, 0.25) is 0 Å². The van der Waals surface area contributed by atoms with Crippen molar-refractivity contribution in [1.82, 2.24) is 9.55 Å². The Labute approximate surface area is 138 Å². The standard InChI is InChI=1S/C16H11ClN4S/c1-21-9-8-20-16(21)22-15(7-2-12(10-18)11-19)13-3-5-14(17)6-4-13/h2-9H,1H3/b15-7-. The van der Waals surface area contributed by atoms with Gasteiger partial charge in [0.25, 0.3) is 0 Å². The highest BCUT2D eigenvalue weighted by Gasteiger charge is 2.08. The SMILES string of the molecule is Cn1ccnc1S/C(=C\C=C(C#N)C#N)c1ccc(Cl)cc1. The van der Waals surface area contributed by atoms with Gasteiger partial charge in [-0.3, -0.25) is 0 Å². The highest BCUT2D eigenvalue weighted by atomic mass is 35.5. The molecule has 1 aromatic heterocycles. The zero-order chi connectivity index (χ0) is 15.9. The van der Waals surface area contributed by atoms with Crippen LogP contribution in [0.3, 0.4) is 0 Å². The van der Waals surface area contributed by atoms with Crippen LogP contribution in [0.15, 0.2) is 59.5 Å². The van der Waals surface area contributed by atoms with E-state index in [9.17, 15) is 0 Å². The first-order valence-electron chi connectivity index (χ1n) is 6.27. The fourth-order valence-corrected chi connectivity index (χ4v) is 2.64. The number of hydrogen-bond acceptors (Lipinski definition) is 4. The number of aromatic nitrogens is 2. The van der Waals surface area contributed by atoms with E-state index < -0.39 is 0 Å². The number of rotatable bonds is 4. The van der Waals surface area contributed by atoms with Crippen molar-refractivity contribution in [3.8, 4) is 12.1 Å². The molecule has 2 aromatic rings. The van der Waals surface area contributed by atoms with Crippen LogP contribution in [0.5, 0.6) is 0 Å². The zero-order valence-corrected chi connectivity index (χ0v) is 13.3. The van der Waals surface area contributed by atoms with Gasteiger partial charge in [0, 0.05) is 29.4 Å². The lowest BCUT2D eigenvalue weighted by Gasteiger charge is -2.07. The molecule has 0 aliphatic heterocycles. The Morgan fingerprint density at radius 3 is 2.45 bits per heavy atom. The summed E-state index contributed by atoms with van der Waals surface area (Å²) in [7, 11) is 1.90. The second-order valence-corrected chi connectivity index (χ2v) is 5.71. The number of nitrogens with zero attached hydrogens (tertiary/aromatic N) is 4. The minimum absolute atomic E-state index is 0.0481. The number of hydrogen-bond donors (Lipinski definition) is 0. The van der Waals surface area contributed by atoms with E-state index in [0.29, 0.717) is 5.02 Å². The molecule has 0 N–H and O–H groups in total. The van der Waals surface area contributed by atoms with Gasteiger partial charge in [-0.2, -0.15) is 10.5 Å². The fraction of sp³-hybridized carbons (Fsp3) is 0.0625. The molecule has 0 radical (unpaired) electrons. The molecule has 0 atom stereocenters. The topological polar surface area (TPSA) is 65.4 Å². The Balaban J connectivity index is 2.41. The predicted molar refractivity (Wildman–Crippen MR) is 87.8 cm³/mol. The van der Waals surface area contributed by atoms with Crippen molar-refractivity contribution in [2.45, 2.75) is 5.16 Å². The summed E-state index contributed by atoms with van der Waals surface area (Å²) in [4.78, 5) is 5.14. The average molecular weight is 327 g/mol. The zero-order valence-electron chi connectivity index (χ0n) is 11.7. The van der Waals surface area contributed by atoms with E-state index in [1.165, 1.54) is 17.8 Å². The van der Waals surface area contributed by atoms with Gasteiger partial charge in [0.15, 0.2) is 5.16 Å². The molecule has 0 aliphatic carbocycles. The second-order valence-electron chi connectivity index (χ2n) is 4.26. The molecular formula is C16H11ClN4S. The maximum atomic E-state index is 8.84. The molecule has 1 aromatic carbocycles. The van der Waals surface area contributed by atoms with Crippen molar-refractivity contribution in [2.75, 3.05) is 0 Å². The monoisotopic (exact) mass is 326 g/mol. The van der Waals surface area contributed by atoms with Crippen molar-refractivity contribution in [3.63, 3.8) is 0 Å². The van der Waals surface area contributed by atoms with E-state index in [-0.39, 0.29) is 5.57 Å². The van der Waals surface area contributed by atoms with Crippen molar-refractivity contribution in [2.24, 2.45) is 7.05 Å². The van der Waals surface area contributed by atoms with E-state index in [0.717, 1.165) is 15.6 Å². The molecule has 6 heteroatoms. The maximum Gasteiger partial charge on any atom is 0.172 e. The molecule has 4 nitrogen and oxygen atoms in total. The normalized spacial score (nSPS) is 10.6. The van der Waals surface area contributed by atoms with Crippen molar-refractivity contribution < 1.29 is 0 Å².